The SMILES string of the molecule is CC(Nc1nc(Cl)nc2c1ncn2[C@H]1S[C@@H](C)[C@@H](O)[C@H]1O)c1ccccc1. The zero-order valence-corrected chi connectivity index (χ0v) is 16.4. The molecular formula is C18H20ClN5O2S. The number of nitrogens with one attached hydrogen (secondary N) is 1. The smallest absolute Gasteiger partial charge is 0.226 e. The second-order valence-corrected chi connectivity index (χ2v) is 8.49. The van der Waals surface area contributed by atoms with E-state index in [1.165, 1.54) is 11.8 Å². The molecule has 0 spiro atoms. The molecule has 1 aliphatic rings. The van der Waals surface area contributed by atoms with Crippen molar-refractivity contribution in [1.29, 1.82) is 0 Å². The molecule has 2 aromatic heterocycles. The Bertz CT molecular complexity index is 954. The maximum absolute atomic E-state index is 10.4. The number of anilines is 1. The molecule has 1 aliphatic heterocycles. The van der Waals surface area contributed by atoms with E-state index in [-0.39, 0.29) is 21.9 Å². The van der Waals surface area contributed by atoms with E-state index in [1.54, 1.807) is 10.9 Å². The van der Waals surface area contributed by atoms with Gasteiger partial charge in [0.1, 0.15) is 11.5 Å². The standard InChI is InChI=1S/C18H20ClN5O2S/c1-9(11-6-4-3-5-7-11)21-15-12-16(23-18(19)22-15)24(8-20-12)17-14(26)13(25)10(2)27-17/h3-10,13-14,17,25-26H,1-2H3,(H,21,22,23)/t9?,10-,13+,14+,17-/m0/s1. The van der Waals surface area contributed by atoms with Crippen LogP contribution in [0.4, 0.5) is 5.82 Å². The van der Waals surface area contributed by atoms with Crippen LogP contribution in [0.3, 0.4) is 0 Å². The fraction of sp³-hybridized carbons (Fsp3) is 0.389. The summed E-state index contributed by atoms with van der Waals surface area (Å²) in [6.45, 7) is 3.91. The largest absolute Gasteiger partial charge is 0.389 e. The van der Waals surface area contributed by atoms with E-state index >= 15 is 0 Å². The van der Waals surface area contributed by atoms with E-state index in [0.29, 0.717) is 17.0 Å². The summed E-state index contributed by atoms with van der Waals surface area (Å²) in [4.78, 5) is 13.1. The second-order valence-electron chi connectivity index (χ2n) is 6.65. The number of fused-ring (bicyclic) bond motifs is 1. The van der Waals surface area contributed by atoms with Crippen LogP contribution in [0, 0.1) is 0 Å². The van der Waals surface area contributed by atoms with Crippen molar-refractivity contribution in [2.24, 2.45) is 0 Å². The highest BCUT2D eigenvalue weighted by Gasteiger charge is 2.41. The van der Waals surface area contributed by atoms with E-state index < -0.39 is 12.2 Å². The van der Waals surface area contributed by atoms with Crippen LogP contribution in [0.2, 0.25) is 5.28 Å². The Hall–Kier alpha value is -1.87. The van der Waals surface area contributed by atoms with E-state index in [0.717, 1.165) is 5.56 Å². The number of aromatic nitrogens is 4. The number of hydrogen-bond acceptors (Lipinski definition) is 7. The summed E-state index contributed by atoms with van der Waals surface area (Å²) >= 11 is 7.64. The summed E-state index contributed by atoms with van der Waals surface area (Å²) in [6, 6.07) is 10.00. The summed E-state index contributed by atoms with van der Waals surface area (Å²) in [5.41, 5.74) is 2.21. The van der Waals surface area contributed by atoms with E-state index in [9.17, 15) is 10.2 Å². The Morgan fingerprint density at radius 3 is 2.59 bits per heavy atom. The molecule has 9 heteroatoms. The van der Waals surface area contributed by atoms with Gasteiger partial charge >= 0.3 is 0 Å². The number of halogens is 1. The van der Waals surface area contributed by atoms with Crippen LogP contribution in [-0.2, 0) is 0 Å². The molecule has 1 saturated heterocycles. The van der Waals surface area contributed by atoms with Gasteiger partial charge in [0.2, 0.25) is 5.28 Å². The summed E-state index contributed by atoms with van der Waals surface area (Å²) in [7, 11) is 0. The molecule has 0 bridgehead atoms. The van der Waals surface area contributed by atoms with Crippen molar-refractivity contribution in [3.63, 3.8) is 0 Å². The number of benzene rings is 1. The fourth-order valence-electron chi connectivity index (χ4n) is 3.26. The van der Waals surface area contributed by atoms with Gasteiger partial charge in [0.05, 0.1) is 18.5 Å². The maximum atomic E-state index is 10.4. The first-order valence-corrected chi connectivity index (χ1v) is 10.0. The van der Waals surface area contributed by atoms with Gasteiger partial charge in [0.25, 0.3) is 0 Å². The molecule has 7 nitrogen and oxygen atoms in total. The monoisotopic (exact) mass is 405 g/mol. The molecule has 1 fully saturated rings. The predicted octanol–water partition coefficient (Wildman–Crippen LogP) is 3.01. The van der Waals surface area contributed by atoms with Crippen LogP contribution in [0.5, 0.6) is 0 Å². The van der Waals surface area contributed by atoms with Crippen LogP contribution < -0.4 is 5.32 Å². The normalized spacial score (nSPS) is 26.4. The number of aliphatic hydroxyl groups is 2. The second kappa shape index (κ2) is 7.27. The van der Waals surface area contributed by atoms with E-state index in [4.69, 9.17) is 11.6 Å². The van der Waals surface area contributed by atoms with Gasteiger partial charge in [0, 0.05) is 5.25 Å². The first kappa shape index (κ1) is 18.5. The fourth-order valence-corrected chi connectivity index (χ4v) is 4.80. The molecular weight excluding hydrogens is 386 g/mol. The Morgan fingerprint density at radius 2 is 1.93 bits per heavy atom. The number of rotatable bonds is 4. The third-order valence-corrected chi connectivity index (χ3v) is 6.46. The predicted molar refractivity (Wildman–Crippen MR) is 107 cm³/mol. The molecule has 1 unspecified atom stereocenters. The van der Waals surface area contributed by atoms with Crippen LogP contribution in [-0.4, -0.2) is 47.2 Å². The molecule has 0 radical (unpaired) electrons. The van der Waals surface area contributed by atoms with Gasteiger partial charge in [0.15, 0.2) is 17.0 Å². The molecule has 5 atom stereocenters. The van der Waals surface area contributed by atoms with Gasteiger partial charge in [-0.2, -0.15) is 9.97 Å². The third-order valence-electron chi connectivity index (χ3n) is 4.80. The first-order valence-electron chi connectivity index (χ1n) is 8.69. The van der Waals surface area contributed by atoms with Crippen molar-refractivity contribution in [3.8, 4) is 0 Å². The number of thioether (sulfide) groups is 1. The first-order chi connectivity index (χ1) is 13.0. The van der Waals surface area contributed by atoms with Crippen molar-refractivity contribution in [2.75, 3.05) is 5.32 Å². The lowest BCUT2D eigenvalue weighted by Gasteiger charge is -2.18. The van der Waals surface area contributed by atoms with Crippen molar-refractivity contribution in [2.45, 2.75) is 42.7 Å². The molecule has 3 aromatic rings. The average Bonchev–Trinajstić information content (AvgIpc) is 3.18. The van der Waals surface area contributed by atoms with Gasteiger partial charge in [-0.3, -0.25) is 4.57 Å². The van der Waals surface area contributed by atoms with Gasteiger partial charge < -0.3 is 15.5 Å². The quantitative estimate of drug-likeness (QED) is 0.574. The van der Waals surface area contributed by atoms with Crippen molar-refractivity contribution in [3.05, 3.63) is 47.5 Å². The summed E-state index contributed by atoms with van der Waals surface area (Å²) in [6.07, 6.45) is -0.0964. The van der Waals surface area contributed by atoms with Gasteiger partial charge in [-0.1, -0.05) is 37.3 Å². The lowest BCUT2D eigenvalue weighted by molar-refractivity contribution is 0.0206. The van der Waals surface area contributed by atoms with Crippen LogP contribution in [0.1, 0.15) is 30.8 Å². The Labute approximate surface area is 165 Å². The van der Waals surface area contributed by atoms with Crippen LogP contribution in [0.25, 0.3) is 11.2 Å². The average molecular weight is 406 g/mol. The van der Waals surface area contributed by atoms with Gasteiger partial charge in [-0.25, -0.2) is 4.98 Å². The molecule has 1 aromatic carbocycles. The minimum Gasteiger partial charge on any atom is -0.389 e. The molecule has 0 aliphatic carbocycles. The maximum Gasteiger partial charge on any atom is 0.226 e. The lowest BCUT2D eigenvalue weighted by Crippen LogP contribution is -2.30. The zero-order chi connectivity index (χ0) is 19.1. The molecule has 4 rings (SSSR count). The van der Waals surface area contributed by atoms with Gasteiger partial charge in [-0.05, 0) is 24.1 Å². The molecule has 0 saturated carbocycles. The molecule has 27 heavy (non-hydrogen) atoms. The Morgan fingerprint density at radius 1 is 1.19 bits per heavy atom. The summed E-state index contributed by atoms with van der Waals surface area (Å²) in [5.74, 6) is 0.534. The van der Waals surface area contributed by atoms with Crippen molar-refractivity contribution >= 4 is 40.3 Å². The van der Waals surface area contributed by atoms with Gasteiger partial charge in [-0.15, -0.1) is 11.8 Å². The number of imidazole rings is 1. The molecule has 3 N–H and O–H groups in total. The van der Waals surface area contributed by atoms with E-state index in [2.05, 4.69) is 20.3 Å². The highest BCUT2D eigenvalue weighted by molar-refractivity contribution is 8.00. The molecule has 142 valence electrons. The topological polar surface area (TPSA) is 96.1 Å². The lowest BCUT2D eigenvalue weighted by atomic mass is 10.1. The Kier molecular flexibility index (Phi) is 4.98. The third kappa shape index (κ3) is 3.38. The van der Waals surface area contributed by atoms with E-state index in [1.807, 2.05) is 44.2 Å². The minimum absolute atomic E-state index is 0.00110. The number of nitrogens with zero attached hydrogens (tertiary/aromatic N) is 4. The minimum atomic E-state index is -0.907. The van der Waals surface area contributed by atoms with Crippen LogP contribution in [0.15, 0.2) is 36.7 Å². The summed E-state index contributed by atoms with van der Waals surface area (Å²) in [5, 5.41) is 23.4. The highest BCUT2D eigenvalue weighted by Crippen LogP contribution is 2.43. The highest BCUT2D eigenvalue weighted by atomic mass is 35.5. The van der Waals surface area contributed by atoms with Crippen molar-refractivity contribution in [1.82, 2.24) is 19.5 Å². The van der Waals surface area contributed by atoms with Crippen molar-refractivity contribution < 1.29 is 10.2 Å². The number of hydrogen-bond donors (Lipinski definition) is 3. The Balaban J connectivity index is 1.71. The number of aliphatic hydroxyl groups excluding tert-OH is 2. The molecule has 3 heterocycles. The summed E-state index contributed by atoms with van der Waals surface area (Å²) < 4.78 is 1.75. The van der Waals surface area contributed by atoms with Crippen LogP contribution >= 0.6 is 23.4 Å². The molecule has 0 amide bonds. The zero-order valence-electron chi connectivity index (χ0n) is 14.8.